The number of fused-ring (bicyclic) bond motifs is 2. The lowest BCUT2D eigenvalue weighted by Crippen LogP contribution is -2.16. The maximum Gasteiger partial charge on any atom is 0.355 e. The largest absolute Gasteiger partial charge is 0.497 e. The molecule has 7 heteroatoms. The van der Waals surface area contributed by atoms with Gasteiger partial charge in [0.1, 0.15) is 35.9 Å². The highest BCUT2D eigenvalue weighted by atomic mass is 16.5. The van der Waals surface area contributed by atoms with Crippen LogP contribution >= 0.6 is 0 Å². The van der Waals surface area contributed by atoms with Gasteiger partial charge in [-0.2, -0.15) is 0 Å². The van der Waals surface area contributed by atoms with Gasteiger partial charge >= 0.3 is 11.9 Å². The molecule has 0 spiro atoms. The summed E-state index contributed by atoms with van der Waals surface area (Å²) < 4.78 is 17.6. The molecular formula is C21H17NO6. The molecule has 7 nitrogen and oxygen atoms in total. The molecule has 4 aromatic rings. The molecule has 142 valence electrons. The number of esters is 1. The third kappa shape index (κ3) is 3.29. The number of hydrogen-bond acceptors (Lipinski definition) is 5. The Labute approximate surface area is 159 Å². The number of carboxylic acids is 1. The first-order valence-electron chi connectivity index (χ1n) is 8.59. The summed E-state index contributed by atoms with van der Waals surface area (Å²) in [6.45, 7) is -0.406. The SMILES string of the molecule is COc1ccc2c(c1)cc(C(=O)OCc1cc3ccccc3o1)n2CC(=O)O. The number of aliphatic carboxylic acids is 1. The highest BCUT2D eigenvalue weighted by Crippen LogP contribution is 2.26. The lowest BCUT2D eigenvalue weighted by Gasteiger charge is -2.08. The maximum absolute atomic E-state index is 12.7. The monoisotopic (exact) mass is 379 g/mol. The molecule has 0 amide bonds. The van der Waals surface area contributed by atoms with E-state index >= 15 is 0 Å². The topological polar surface area (TPSA) is 90.9 Å². The van der Waals surface area contributed by atoms with Gasteiger partial charge in [-0.25, -0.2) is 4.79 Å². The van der Waals surface area contributed by atoms with Crippen molar-refractivity contribution in [2.24, 2.45) is 0 Å². The van der Waals surface area contributed by atoms with Crippen molar-refractivity contribution in [3.63, 3.8) is 0 Å². The number of furan rings is 1. The molecule has 2 aromatic carbocycles. The van der Waals surface area contributed by atoms with Crippen LogP contribution in [0.25, 0.3) is 21.9 Å². The van der Waals surface area contributed by atoms with Crippen LogP contribution in [0.2, 0.25) is 0 Å². The third-order valence-electron chi connectivity index (χ3n) is 4.43. The van der Waals surface area contributed by atoms with Gasteiger partial charge in [-0.05, 0) is 36.4 Å². The summed E-state index contributed by atoms with van der Waals surface area (Å²) >= 11 is 0. The second-order valence-electron chi connectivity index (χ2n) is 6.26. The average Bonchev–Trinajstić information content (AvgIpc) is 3.26. The Balaban J connectivity index is 1.62. The zero-order valence-electron chi connectivity index (χ0n) is 15.0. The van der Waals surface area contributed by atoms with Gasteiger partial charge in [-0.3, -0.25) is 4.79 Å². The third-order valence-corrected chi connectivity index (χ3v) is 4.43. The molecule has 0 saturated carbocycles. The van der Waals surface area contributed by atoms with E-state index in [9.17, 15) is 14.7 Å². The van der Waals surface area contributed by atoms with Crippen LogP contribution in [0.5, 0.6) is 5.75 Å². The molecule has 0 bridgehead atoms. The lowest BCUT2D eigenvalue weighted by atomic mass is 10.2. The first-order valence-corrected chi connectivity index (χ1v) is 8.59. The Kier molecular flexibility index (Phi) is 4.49. The van der Waals surface area contributed by atoms with E-state index < -0.39 is 11.9 Å². The van der Waals surface area contributed by atoms with Crippen LogP contribution in [0.15, 0.2) is 59.0 Å². The highest BCUT2D eigenvalue weighted by molar-refractivity contribution is 5.96. The smallest absolute Gasteiger partial charge is 0.355 e. The molecule has 0 aliphatic carbocycles. The normalized spacial score (nSPS) is 11.0. The van der Waals surface area contributed by atoms with Crippen LogP contribution < -0.4 is 4.74 Å². The fourth-order valence-corrected chi connectivity index (χ4v) is 3.17. The minimum absolute atomic E-state index is 0.0502. The number of aromatic nitrogens is 1. The first kappa shape index (κ1) is 17.7. The summed E-state index contributed by atoms with van der Waals surface area (Å²) in [5.41, 5.74) is 1.47. The summed E-state index contributed by atoms with van der Waals surface area (Å²) in [6.07, 6.45) is 0. The van der Waals surface area contributed by atoms with Crippen molar-refractivity contribution in [1.29, 1.82) is 0 Å². The van der Waals surface area contributed by atoms with Crippen LogP contribution in [-0.4, -0.2) is 28.7 Å². The van der Waals surface area contributed by atoms with Crippen LogP contribution in [0.4, 0.5) is 0 Å². The van der Waals surface area contributed by atoms with Crippen molar-refractivity contribution in [3.8, 4) is 5.75 Å². The molecule has 0 saturated heterocycles. The minimum atomic E-state index is -1.06. The Morgan fingerprint density at radius 2 is 1.89 bits per heavy atom. The van der Waals surface area contributed by atoms with E-state index in [4.69, 9.17) is 13.9 Å². The summed E-state index contributed by atoms with van der Waals surface area (Å²) in [5, 5.41) is 10.8. The van der Waals surface area contributed by atoms with E-state index in [0.717, 1.165) is 5.39 Å². The zero-order valence-corrected chi connectivity index (χ0v) is 15.0. The van der Waals surface area contributed by atoms with Gasteiger partial charge < -0.3 is 23.6 Å². The Morgan fingerprint density at radius 1 is 1.07 bits per heavy atom. The van der Waals surface area contributed by atoms with E-state index in [1.165, 1.54) is 11.7 Å². The van der Waals surface area contributed by atoms with Crippen molar-refractivity contribution < 1.29 is 28.6 Å². The molecule has 0 aliphatic heterocycles. The predicted molar refractivity (Wildman–Crippen MR) is 101 cm³/mol. The summed E-state index contributed by atoms with van der Waals surface area (Å²) in [4.78, 5) is 23.9. The average molecular weight is 379 g/mol. The van der Waals surface area contributed by atoms with Crippen LogP contribution in [-0.2, 0) is 22.7 Å². The second kappa shape index (κ2) is 7.11. The number of benzene rings is 2. The lowest BCUT2D eigenvalue weighted by molar-refractivity contribution is -0.137. The van der Waals surface area contributed by atoms with Crippen molar-refractivity contribution >= 4 is 33.8 Å². The van der Waals surface area contributed by atoms with E-state index in [1.54, 1.807) is 30.3 Å². The Morgan fingerprint density at radius 3 is 2.64 bits per heavy atom. The minimum Gasteiger partial charge on any atom is -0.497 e. The molecule has 4 rings (SSSR count). The molecule has 0 radical (unpaired) electrons. The summed E-state index contributed by atoms with van der Waals surface area (Å²) in [7, 11) is 1.54. The number of para-hydroxylation sites is 1. The number of nitrogens with zero attached hydrogens (tertiary/aromatic N) is 1. The molecule has 28 heavy (non-hydrogen) atoms. The van der Waals surface area contributed by atoms with E-state index in [2.05, 4.69) is 0 Å². The molecule has 0 atom stereocenters. The van der Waals surface area contributed by atoms with Gasteiger partial charge in [0.15, 0.2) is 0 Å². The molecule has 2 heterocycles. The van der Waals surface area contributed by atoms with Gasteiger partial charge in [-0.1, -0.05) is 18.2 Å². The van der Waals surface area contributed by atoms with Crippen molar-refractivity contribution in [2.45, 2.75) is 13.2 Å². The number of rotatable bonds is 6. The second-order valence-corrected chi connectivity index (χ2v) is 6.26. The van der Waals surface area contributed by atoms with Crippen LogP contribution in [0.3, 0.4) is 0 Å². The Bertz CT molecular complexity index is 1150. The maximum atomic E-state index is 12.7. The number of hydrogen-bond donors (Lipinski definition) is 1. The molecule has 0 unspecified atom stereocenters. The summed E-state index contributed by atoms with van der Waals surface area (Å²) in [6, 6.07) is 16.1. The summed E-state index contributed by atoms with van der Waals surface area (Å²) in [5.74, 6) is -0.559. The molecule has 0 fully saturated rings. The van der Waals surface area contributed by atoms with Crippen molar-refractivity contribution in [1.82, 2.24) is 4.57 Å². The van der Waals surface area contributed by atoms with Gasteiger partial charge in [0.05, 0.1) is 7.11 Å². The Hall–Kier alpha value is -3.74. The number of carbonyl (C=O) groups excluding carboxylic acids is 1. The fraction of sp³-hybridized carbons (Fsp3) is 0.143. The first-order chi connectivity index (χ1) is 13.5. The molecule has 1 N–H and O–H groups in total. The highest BCUT2D eigenvalue weighted by Gasteiger charge is 2.20. The molecule has 0 aliphatic rings. The molecule has 2 aromatic heterocycles. The standard InChI is InChI=1S/C21H17NO6/c1-26-15-6-7-17-14(9-15)10-18(22(17)11-20(23)24)21(25)27-12-16-8-13-4-2-3-5-19(13)28-16/h2-10H,11-12H2,1H3,(H,23,24). The quantitative estimate of drug-likeness (QED) is 0.512. The van der Waals surface area contributed by atoms with Gasteiger partial charge in [-0.15, -0.1) is 0 Å². The number of ether oxygens (including phenoxy) is 2. The number of carbonyl (C=O) groups is 2. The van der Waals surface area contributed by atoms with Gasteiger partial charge in [0.2, 0.25) is 0 Å². The molecular weight excluding hydrogens is 362 g/mol. The predicted octanol–water partition coefficient (Wildman–Crippen LogP) is 3.84. The van der Waals surface area contributed by atoms with Crippen molar-refractivity contribution in [2.75, 3.05) is 7.11 Å². The van der Waals surface area contributed by atoms with Gasteiger partial charge in [0.25, 0.3) is 0 Å². The zero-order chi connectivity index (χ0) is 19.7. The van der Waals surface area contributed by atoms with Crippen molar-refractivity contribution in [3.05, 3.63) is 66.1 Å². The van der Waals surface area contributed by atoms with Crippen LogP contribution in [0, 0.1) is 0 Å². The van der Waals surface area contributed by atoms with E-state index in [1.807, 2.05) is 24.3 Å². The van der Waals surface area contributed by atoms with Gasteiger partial charge in [0, 0.05) is 16.3 Å². The van der Waals surface area contributed by atoms with E-state index in [-0.39, 0.29) is 18.8 Å². The number of carboxylic acid groups (broad SMARTS) is 1. The number of methoxy groups -OCH3 is 1. The van der Waals surface area contributed by atoms with Crippen LogP contribution in [0.1, 0.15) is 16.2 Å². The fourth-order valence-electron chi connectivity index (χ4n) is 3.17. The van der Waals surface area contributed by atoms with E-state index in [0.29, 0.717) is 28.0 Å².